The van der Waals surface area contributed by atoms with Gasteiger partial charge in [-0.25, -0.2) is 0 Å². The number of benzene rings is 2. The highest BCUT2D eigenvalue weighted by Crippen LogP contribution is 2.16. The van der Waals surface area contributed by atoms with E-state index in [0.717, 1.165) is 19.3 Å². The minimum atomic E-state index is -0.216. The predicted molar refractivity (Wildman–Crippen MR) is 104 cm³/mol. The van der Waals surface area contributed by atoms with Crippen LogP contribution in [-0.4, -0.2) is 25.0 Å². The smallest absolute Gasteiger partial charge is 0.255 e. The predicted octanol–water partition coefficient (Wildman–Crippen LogP) is 4.26. The lowest BCUT2D eigenvalue weighted by Crippen LogP contribution is -2.24. The Kier molecular flexibility index (Phi) is 7.68. The van der Waals surface area contributed by atoms with Gasteiger partial charge in [-0.15, -0.1) is 0 Å². The molecule has 0 heterocycles. The minimum absolute atomic E-state index is 0.0999. The lowest BCUT2D eigenvalue weighted by molar-refractivity contribution is 0.0952. The first kappa shape index (κ1) is 19.5. The molecule has 2 aromatic carbocycles. The van der Waals surface area contributed by atoms with Gasteiger partial charge >= 0.3 is 0 Å². The Morgan fingerprint density at radius 2 is 1.69 bits per heavy atom. The van der Waals surface area contributed by atoms with Crippen LogP contribution in [0, 0.1) is 0 Å². The van der Waals surface area contributed by atoms with Crippen molar-refractivity contribution in [2.75, 3.05) is 18.5 Å². The van der Waals surface area contributed by atoms with Gasteiger partial charge in [0.15, 0.2) is 0 Å². The number of unbranched alkanes of at least 4 members (excludes halogenated alkanes) is 1. The Bertz CT molecular complexity index is 726. The summed E-state index contributed by atoms with van der Waals surface area (Å²) < 4.78 is 5.55. The Balaban J connectivity index is 1.96. The van der Waals surface area contributed by atoms with E-state index in [1.807, 2.05) is 13.0 Å². The highest BCUT2D eigenvalue weighted by Gasteiger charge is 2.09. The fourth-order valence-corrected chi connectivity index (χ4v) is 2.34. The maximum atomic E-state index is 12.4. The molecule has 0 saturated carbocycles. The summed E-state index contributed by atoms with van der Waals surface area (Å²) in [6.45, 7) is 5.40. The number of anilines is 1. The summed E-state index contributed by atoms with van der Waals surface area (Å²) in [6.07, 6.45) is 2.91. The molecule has 0 aliphatic rings. The van der Waals surface area contributed by atoms with Gasteiger partial charge in [0.1, 0.15) is 5.75 Å². The van der Waals surface area contributed by atoms with Crippen molar-refractivity contribution in [1.82, 2.24) is 5.32 Å². The van der Waals surface area contributed by atoms with E-state index in [0.29, 0.717) is 35.7 Å². The van der Waals surface area contributed by atoms with Gasteiger partial charge in [-0.1, -0.05) is 26.3 Å². The number of amides is 2. The number of hydrogen-bond donors (Lipinski definition) is 2. The average molecular weight is 354 g/mol. The van der Waals surface area contributed by atoms with Crippen LogP contribution in [0.1, 0.15) is 53.8 Å². The zero-order valence-corrected chi connectivity index (χ0v) is 15.4. The van der Waals surface area contributed by atoms with Crippen molar-refractivity contribution in [2.45, 2.75) is 33.1 Å². The van der Waals surface area contributed by atoms with Crippen LogP contribution in [0.5, 0.6) is 5.75 Å². The summed E-state index contributed by atoms with van der Waals surface area (Å²) in [5, 5.41) is 5.70. The summed E-state index contributed by atoms with van der Waals surface area (Å²) in [5.74, 6) is 0.364. The Morgan fingerprint density at radius 3 is 2.38 bits per heavy atom. The molecule has 0 spiro atoms. The molecular weight excluding hydrogens is 328 g/mol. The third kappa shape index (κ3) is 5.92. The molecule has 5 nitrogen and oxygen atoms in total. The standard InChI is InChI=1S/C21H26N2O3/c1-3-5-13-22-20(24)16-9-11-18(12-10-16)23-21(25)17-7-6-8-19(15-17)26-14-4-2/h6-12,15H,3-5,13-14H2,1-2H3,(H,22,24)(H,23,25). The van der Waals surface area contributed by atoms with Crippen LogP contribution < -0.4 is 15.4 Å². The van der Waals surface area contributed by atoms with Crippen molar-refractivity contribution in [3.63, 3.8) is 0 Å². The molecule has 2 rings (SSSR count). The monoisotopic (exact) mass is 354 g/mol. The molecule has 2 N–H and O–H groups in total. The Hall–Kier alpha value is -2.82. The van der Waals surface area contributed by atoms with Crippen molar-refractivity contribution in [2.24, 2.45) is 0 Å². The summed E-state index contributed by atoms with van der Waals surface area (Å²) >= 11 is 0. The fraction of sp³-hybridized carbons (Fsp3) is 0.333. The van der Waals surface area contributed by atoms with Gasteiger partial charge in [-0.2, -0.15) is 0 Å². The van der Waals surface area contributed by atoms with Crippen molar-refractivity contribution >= 4 is 17.5 Å². The zero-order valence-electron chi connectivity index (χ0n) is 15.4. The first-order chi connectivity index (χ1) is 12.6. The van der Waals surface area contributed by atoms with Crippen LogP contribution in [0.25, 0.3) is 0 Å². The average Bonchev–Trinajstić information content (AvgIpc) is 2.67. The molecule has 0 aromatic heterocycles. The number of rotatable bonds is 9. The van der Waals surface area contributed by atoms with E-state index in [-0.39, 0.29) is 11.8 Å². The molecule has 138 valence electrons. The molecular formula is C21H26N2O3. The molecule has 2 aromatic rings. The number of carbonyl (C=O) groups is 2. The summed E-state index contributed by atoms with van der Waals surface area (Å²) in [7, 11) is 0. The number of carbonyl (C=O) groups excluding carboxylic acids is 2. The van der Waals surface area contributed by atoms with Crippen LogP contribution in [0.3, 0.4) is 0 Å². The molecule has 0 fully saturated rings. The number of nitrogens with one attached hydrogen (secondary N) is 2. The van der Waals surface area contributed by atoms with Crippen molar-refractivity contribution in [3.8, 4) is 5.75 Å². The first-order valence-corrected chi connectivity index (χ1v) is 9.06. The molecule has 2 amide bonds. The first-order valence-electron chi connectivity index (χ1n) is 9.06. The minimum Gasteiger partial charge on any atom is -0.494 e. The quantitative estimate of drug-likeness (QED) is 0.661. The second-order valence-corrected chi connectivity index (χ2v) is 6.02. The van der Waals surface area contributed by atoms with Gasteiger partial charge in [-0.3, -0.25) is 9.59 Å². The van der Waals surface area contributed by atoms with Crippen molar-refractivity contribution in [3.05, 3.63) is 59.7 Å². The fourth-order valence-electron chi connectivity index (χ4n) is 2.34. The Morgan fingerprint density at radius 1 is 0.923 bits per heavy atom. The topological polar surface area (TPSA) is 67.4 Å². The van der Waals surface area contributed by atoms with E-state index in [2.05, 4.69) is 17.6 Å². The normalized spacial score (nSPS) is 10.2. The van der Waals surface area contributed by atoms with E-state index in [1.165, 1.54) is 0 Å². The largest absolute Gasteiger partial charge is 0.494 e. The summed E-state index contributed by atoms with van der Waals surface area (Å²) in [6, 6.07) is 14.0. The number of hydrogen-bond acceptors (Lipinski definition) is 3. The van der Waals surface area contributed by atoms with Crippen LogP contribution in [0.2, 0.25) is 0 Å². The molecule has 0 unspecified atom stereocenters. The van der Waals surface area contributed by atoms with Crippen LogP contribution in [0.15, 0.2) is 48.5 Å². The maximum Gasteiger partial charge on any atom is 0.255 e. The van der Waals surface area contributed by atoms with Crippen LogP contribution in [-0.2, 0) is 0 Å². The molecule has 0 aliphatic carbocycles. The summed E-state index contributed by atoms with van der Waals surface area (Å²) in [5.41, 5.74) is 1.74. The van der Waals surface area contributed by atoms with E-state index in [1.54, 1.807) is 42.5 Å². The number of ether oxygens (including phenoxy) is 1. The van der Waals surface area contributed by atoms with Gasteiger partial charge in [0.2, 0.25) is 0 Å². The van der Waals surface area contributed by atoms with E-state index in [4.69, 9.17) is 4.74 Å². The molecule has 0 atom stereocenters. The van der Waals surface area contributed by atoms with Gasteiger partial charge < -0.3 is 15.4 Å². The molecule has 0 bridgehead atoms. The SMILES string of the molecule is CCCCNC(=O)c1ccc(NC(=O)c2cccc(OCCC)c2)cc1. The van der Waals surface area contributed by atoms with Crippen LogP contribution in [0.4, 0.5) is 5.69 Å². The van der Waals surface area contributed by atoms with Crippen molar-refractivity contribution < 1.29 is 14.3 Å². The summed E-state index contributed by atoms with van der Waals surface area (Å²) in [4.78, 5) is 24.4. The molecule has 26 heavy (non-hydrogen) atoms. The highest BCUT2D eigenvalue weighted by molar-refractivity contribution is 6.04. The van der Waals surface area contributed by atoms with Crippen LogP contribution >= 0.6 is 0 Å². The van der Waals surface area contributed by atoms with Crippen molar-refractivity contribution in [1.29, 1.82) is 0 Å². The highest BCUT2D eigenvalue weighted by atomic mass is 16.5. The molecule has 5 heteroatoms. The molecule has 0 aliphatic heterocycles. The van der Waals surface area contributed by atoms with Gasteiger partial charge in [0, 0.05) is 23.4 Å². The van der Waals surface area contributed by atoms with Gasteiger partial charge in [-0.05, 0) is 55.3 Å². The van der Waals surface area contributed by atoms with E-state index < -0.39 is 0 Å². The van der Waals surface area contributed by atoms with E-state index in [9.17, 15) is 9.59 Å². The van der Waals surface area contributed by atoms with Gasteiger partial charge in [0.05, 0.1) is 6.61 Å². The zero-order chi connectivity index (χ0) is 18.8. The third-order valence-electron chi connectivity index (χ3n) is 3.79. The second-order valence-electron chi connectivity index (χ2n) is 6.02. The molecule has 0 radical (unpaired) electrons. The van der Waals surface area contributed by atoms with Gasteiger partial charge in [0.25, 0.3) is 11.8 Å². The maximum absolute atomic E-state index is 12.4. The molecule has 0 saturated heterocycles. The lowest BCUT2D eigenvalue weighted by Gasteiger charge is -2.09. The second kappa shape index (κ2) is 10.2. The Labute approximate surface area is 154 Å². The lowest BCUT2D eigenvalue weighted by atomic mass is 10.1. The third-order valence-corrected chi connectivity index (χ3v) is 3.79. The van der Waals surface area contributed by atoms with E-state index >= 15 is 0 Å².